The van der Waals surface area contributed by atoms with Crippen LogP contribution in [0.5, 0.6) is 0 Å². The first-order chi connectivity index (χ1) is 18.1. The molecule has 2 aromatic heterocycles. The summed E-state index contributed by atoms with van der Waals surface area (Å²) in [7, 11) is 0. The van der Waals surface area contributed by atoms with E-state index < -0.39 is 0 Å². The molecule has 1 unspecified atom stereocenters. The highest BCUT2D eigenvalue weighted by Gasteiger charge is 2.26. The quantitative estimate of drug-likeness (QED) is 0.366. The monoisotopic (exact) mass is 534 g/mol. The van der Waals surface area contributed by atoms with Crippen LogP contribution in [0.4, 0.5) is 0 Å². The molecule has 1 amide bonds. The van der Waals surface area contributed by atoms with E-state index in [4.69, 9.17) is 28.2 Å². The molecule has 0 spiro atoms. The van der Waals surface area contributed by atoms with E-state index in [9.17, 15) is 4.79 Å². The van der Waals surface area contributed by atoms with Crippen LogP contribution in [0.15, 0.2) is 77.6 Å². The zero-order valence-electron chi connectivity index (χ0n) is 20.3. The molecule has 1 aromatic carbocycles. The van der Waals surface area contributed by atoms with E-state index in [0.717, 1.165) is 55.7 Å². The van der Waals surface area contributed by atoms with Gasteiger partial charge in [-0.25, -0.2) is 4.98 Å². The molecule has 9 heteroatoms. The summed E-state index contributed by atoms with van der Waals surface area (Å²) in [6.45, 7) is 1.94. The number of H-pyrrole nitrogens is 1. The van der Waals surface area contributed by atoms with Gasteiger partial charge in [0.05, 0.1) is 21.3 Å². The molecule has 1 aliphatic heterocycles. The molecule has 5 rings (SSSR count). The zero-order valence-corrected chi connectivity index (χ0v) is 21.8. The highest BCUT2D eigenvalue weighted by atomic mass is 35.5. The van der Waals surface area contributed by atoms with Crippen LogP contribution in [0.25, 0.3) is 0 Å². The van der Waals surface area contributed by atoms with Crippen molar-refractivity contribution >= 4 is 35.3 Å². The number of pyridine rings is 1. The van der Waals surface area contributed by atoms with Crippen molar-refractivity contribution in [2.75, 3.05) is 6.54 Å². The Balaban J connectivity index is 1.33. The van der Waals surface area contributed by atoms with Crippen molar-refractivity contribution in [3.63, 3.8) is 0 Å². The molecule has 2 aliphatic rings. The van der Waals surface area contributed by atoms with Crippen molar-refractivity contribution < 1.29 is 4.79 Å². The molecule has 3 heterocycles. The van der Waals surface area contributed by atoms with Gasteiger partial charge in [-0.05, 0) is 36.5 Å². The summed E-state index contributed by atoms with van der Waals surface area (Å²) >= 11 is 12.3. The number of aromatic amines is 1. The van der Waals surface area contributed by atoms with Crippen molar-refractivity contribution in [2.24, 2.45) is 10.9 Å². The Bertz CT molecular complexity index is 1330. The number of fused-ring (bicyclic) bond motifs is 1. The summed E-state index contributed by atoms with van der Waals surface area (Å²) in [5, 5.41) is 3.38. The van der Waals surface area contributed by atoms with Crippen LogP contribution in [-0.2, 0) is 19.5 Å². The van der Waals surface area contributed by atoms with Crippen molar-refractivity contribution in [2.45, 2.75) is 38.8 Å². The Kier molecular flexibility index (Phi) is 8.02. The van der Waals surface area contributed by atoms with E-state index in [1.807, 2.05) is 30.6 Å². The van der Waals surface area contributed by atoms with Crippen LogP contribution in [0.3, 0.4) is 0 Å². The summed E-state index contributed by atoms with van der Waals surface area (Å²) < 4.78 is 0. The maximum atomic E-state index is 12.7. The molecular weight excluding hydrogens is 507 g/mol. The number of nitrogens with one attached hydrogen (secondary N) is 2. The summed E-state index contributed by atoms with van der Waals surface area (Å²) in [6.07, 6.45) is 16.8. The molecule has 190 valence electrons. The summed E-state index contributed by atoms with van der Waals surface area (Å²) in [6, 6.07) is 8.28. The third-order valence-corrected chi connectivity index (χ3v) is 7.25. The number of nitrogens with zero attached hydrogens (tertiary/aromatic N) is 4. The molecule has 0 fully saturated rings. The molecule has 0 saturated heterocycles. The smallest absolute Gasteiger partial charge is 0.254 e. The SMILES string of the molecule is O=C(NCc1cccc(CN(CCc2ncc[nH]2)C2=C3N=CC=CC3CCC2)c1)c1c(Cl)cncc1Cl. The molecular formula is C28H28Cl2N6O. The van der Waals surface area contributed by atoms with E-state index in [1.165, 1.54) is 23.8 Å². The van der Waals surface area contributed by atoms with Gasteiger partial charge >= 0.3 is 0 Å². The van der Waals surface area contributed by atoms with Crippen molar-refractivity contribution in [1.29, 1.82) is 0 Å². The van der Waals surface area contributed by atoms with E-state index in [0.29, 0.717) is 12.5 Å². The Morgan fingerprint density at radius 2 is 2.03 bits per heavy atom. The number of benzene rings is 1. The first kappa shape index (κ1) is 25.2. The molecule has 1 atom stereocenters. The molecule has 1 aliphatic carbocycles. The predicted octanol–water partition coefficient (Wildman–Crippen LogP) is 5.74. The number of halogens is 2. The highest BCUT2D eigenvalue weighted by molar-refractivity contribution is 6.39. The third kappa shape index (κ3) is 6.12. The van der Waals surface area contributed by atoms with Gasteiger partial charge in [0.1, 0.15) is 5.82 Å². The number of carbonyl (C=O) groups excluding carboxylic acids is 1. The van der Waals surface area contributed by atoms with Crippen LogP contribution >= 0.6 is 23.2 Å². The number of rotatable bonds is 9. The van der Waals surface area contributed by atoms with Gasteiger partial charge in [0.15, 0.2) is 0 Å². The predicted molar refractivity (Wildman–Crippen MR) is 147 cm³/mol. The number of aromatic nitrogens is 3. The topological polar surface area (TPSA) is 86.3 Å². The summed E-state index contributed by atoms with van der Waals surface area (Å²) in [5.41, 5.74) is 4.89. The number of hydrogen-bond acceptors (Lipinski definition) is 5. The second-order valence-electron chi connectivity index (χ2n) is 9.18. The molecule has 7 nitrogen and oxygen atoms in total. The van der Waals surface area contributed by atoms with Gasteiger partial charge in [-0.15, -0.1) is 0 Å². The fourth-order valence-corrected chi connectivity index (χ4v) is 5.43. The standard InChI is InChI=1S/C28H28Cl2N6O/c29-22-16-31-17-23(30)26(22)28(37)35-15-19-4-1-5-20(14-19)18-36(13-9-25-32-11-12-33-25)24-8-2-6-21-7-3-10-34-27(21)24/h1,3-5,7,10-12,14,16-17,21H,2,6,8-9,13,15,18H2,(H,32,33)(H,35,37). The van der Waals surface area contributed by atoms with Crippen LogP contribution in [0.2, 0.25) is 10.0 Å². The maximum Gasteiger partial charge on any atom is 0.254 e. The molecule has 0 radical (unpaired) electrons. The lowest BCUT2D eigenvalue weighted by molar-refractivity contribution is 0.0951. The average molecular weight is 535 g/mol. The van der Waals surface area contributed by atoms with E-state index in [1.54, 1.807) is 6.20 Å². The van der Waals surface area contributed by atoms with Crippen molar-refractivity contribution in [1.82, 2.24) is 25.2 Å². The van der Waals surface area contributed by atoms with Crippen LogP contribution < -0.4 is 5.32 Å². The number of hydrogen-bond donors (Lipinski definition) is 2. The Labute approximate surface area is 226 Å². The number of imidazole rings is 1. The summed E-state index contributed by atoms with van der Waals surface area (Å²) in [5.74, 6) is 1.03. The van der Waals surface area contributed by atoms with Gasteiger partial charge in [-0.3, -0.25) is 14.8 Å². The lowest BCUT2D eigenvalue weighted by atomic mass is 9.88. The van der Waals surface area contributed by atoms with Crippen molar-refractivity contribution in [3.8, 4) is 0 Å². The van der Waals surface area contributed by atoms with Crippen LogP contribution in [0, 0.1) is 5.92 Å². The Hall–Kier alpha value is -3.42. The third-order valence-electron chi connectivity index (χ3n) is 6.67. The molecule has 2 N–H and O–H groups in total. The minimum Gasteiger partial charge on any atom is -0.369 e. The average Bonchev–Trinajstić information content (AvgIpc) is 3.43. The second kappa shape index (κ2) is 11.8. The lowest BCUT2D eigenvalue weighted by Gasteiger charge is -2.34. The first-order valence-electron chi connectivity index (χ1n) is 12.4. The number of aliphatic imine (C=N–C) groups is 1. The van der Waals surface area contributed by atoms with E-state index in [-0.39, 0.29) is 21.5 Å². The fourth-order valence-electron chi connectivity index (χ4n) is 4.90. The Morgan fingerprint density at radius 3 is 2.84 bits per heavy atom. The molecule has 3 aromatic rings. The largest absolute Gasteiger partial charge is 0.369 e. The van der Waals surface area contributed by atoms with E-state index in [2.05, 4.69) is 43.4 Å². The number of carbonyl (C=O) groups is 1. The normalized spacial score (nSPS) is 16.5. The van der Waals surface area contributed by atoms with Crippen LogP contribution in [0.1, 0.15) is 46.6 Å². The number of dihydropyridines is 1. The molecule has 37 heavy (non-hydrogen) atoms. The highest BCUT2D eigenvalue weighted by Crippen LogP contribution is 2.35. The second-order valence-corrected chi connectivity index (χ2v) is 10.00. The van der Waals surface area contributed by atoms with Crippen LogP contribution in [-0.4, -0.2) is 38.5 Å². The summed E-state index contributed by atoms with van der Waals surface area (Å²) in [4.78, 5) is 31.5. The van der Waals surface area contributed by atoms with Gasteiger partial charge in [-0.2, -0.15) is 0 Å². The number of amides is 1. The van der Waals surface area contributed by atoms with Gasteiger partial charge in [-0.1, -0.05) is 53.5 Å². The lowest BCUT2D eigenvalue weighted by Crippen LogP contribution is -2.30. The Morgan fingerprint density at radius 1 is 1.19 bits per heavy atom. The fraction of sp³-hybridized carbons (Fsp3) is 0.286. The zero-order chi connectivity index (χ0) is 25.6. The minimum absolute atomic E-state index is 0.228. The van der Waals surface area contributed by atoms with Crippen molar-refractivity contribution in [3.05, 3.63) is 105 Å². The number of allylic oxidation sites excluding steroid dienone is 3. The molecule has 0 bridgehead atoms. The van der Waals surface area contributed by atoms with Gasteiger partial charge in [0, 0.05) is 68.7 Å². The maximum absolute atomic E-state index is 12.7. The van der Waals surface area contributed by atoms with Gasteiger partial charge < -0.3 is 15.2 Å². The molecule has 0 saturated carbocycles. The minimum atomic E-state index is -0.328. The van der Waals surface area contributed by atoms with E-state index >= 15 is 0 Å². The van der Waals surface area contributed by atoms with Gasteiger partial charge in [0.25, 0.3) is 5.91 Å². The van der Waals surface area contributed by atoms with Gasteiger partial charge in [0.2, 0.25) is 0 Å². The first-order valence-corrected chi connectivity index (χ1v) is 13.2.